The van der Waals surface area contributed by atoms with Gasteiger partial charge in [0.25, 0.3) is 0 Å². The molecule has 3 unspecified atom stereocenters. The lowest BCUT2D eigenvalue weighted by Gasteiger charge is -2.24. The third kappa shape index (κ3) is 4.60. The Morgan fingerprint density at radius 3 is 2.38 bits per heavy atom. The van der Waals surface area contributed by atoms with Gasteiger partial charge in [-0.2, -0.15) is 0 Å². The smallest absolute Gasteiger partial charge is 0.164 e. The lowest BCUT2D eigenvalue weighted by atomic mass is 10.0. The summed E-state index contributed by atoms with van der Waals surface area (Å²) in [5.74, 6) is 0.715. The van der Waals surface area contributed by atoms with Crippen molar-refractivity contribution in [2.24, 2.45) is 0 Å². The minimum atomic E-state index is -0.667. The lowest BCUT2D eigenvalue weighted by Crippen LogP contribution is -2.23. The molecule has 0 bridgehead atoms. The minimum absolute atomic E-state index is 0.0764. The summed E-state index contributed by atoms with van der Waals surface area (Å²) in [4.78, 5) is 3.18. The van der Waals surface area contributed by atoms with E-state index in [0.717, 1.165) is 17.7 Å². The molecule has 5 nitrogen and oxygen atoms in total. The third-order valence-corrected chi connectivity index (χ3v) is 4.11. The fraction of sp³-hybridized carbons (Fsp3) is 0.474. The van der Waals surface area contributed by atoms with Crippen molar-refractivity contribution in [2.45, 2.75) is 38.6 Å². The van der Waals surface area contributed by atoms with Crippen molar-refractivity contribution in [3.05, 3.63) is 53.3 Å². The lowest BCUT2D eigenvalue weighted by molar-refractivity contribution is 0.0421. The summed E-state index contributed by atoms with van der Waals surface area (Å²) in [5.41, 5.74) is 3.01. The van der Waals surface area contributed by atoms with E-state index in [0.29, 0.717) is 12.4 Å². The number of aliphatic hydroxyl groups is 1. The summed E-state index contributed by atoms with van der Waals surface area (Å²) in [6.07, 6.45) is 1.47. The molecule has 1 heterocycles. The second kappa shape index (κ2) is 8.87. The van der Waals surface area contributed by atoms with Crippen LogP contribution in [0.2, 0.25) is 0 Å². The van der Waals surface area contributed by atoms with Gasteiger partial charge in [-0.3, -0.25) is 0 Å². The van der Waals surface area contributed by atoms with Crippen molar-refractivity contribution in [1.82, 2.24) is 4.98 Å². The van der Waals surface area contributed by atoms with E-state index in [1.807, 2.05) is 43.5 Å². The third-order valence-electron chi connectivity index (χ3n) is 4.11. The van der Waals surface area contributed by atoms with E-state index >= 15 is 0 Å². The van der Waals surface area contributed by atoms with Crippen LogP contribution in [-0.4, -0.2) is 37.0 Å². The van der Waals surface area contributed by atoms with Gasteiger partial charge in [0.05, 0.1) is 24.5 Å². The van der Waals surface area contributed by atoms with Crippen molar-refractivity contribution >= 4 is 0 Å². The molecule has 0 fully saturated rings. The summed E-state index contributed by atoms with van der Waals surface area (Å²) >= 11 is 0. The molecule has 0 spiro atoms. The number of methoxy groups -OCH3 is 2. The highest BCUT2D eigenvalue weighted by atomic mass is 16.5. The summed E-state index contributed by atoms with van der Waals surface area (Å²) < 4.78 is 16.5. The standard InChI is InChI=1S/C19H27NO4/c1-13(21)19(18-17(9-11-20-18)14(2)23-4)24-16-7-5-15(6-8-16)10-12-22-3/h5-9,11,13-14,19-21H,10,12H2,1-4H3. The van der Waals surface area contributed by atoms with Crippen LogP contribution in [0.25, 0.3) is 0 Å². The molecule has 0 aliphatic carbocycles. The Hall–Kier alpha value is -1.82. The number of H-pyrrole nitrogens is 1. The van der Waals surface area contributed by atoms with Gasteiger partial charge >= 0.3 is 0 Å². The maximum atomic E-state index is 10.2. The minimum Gasteiger partial charge on any atom is -0.481 e. The zero-order chi connectivity index (χ0) is 17.5. The fourth-order valence-electron chi connectivity index (χ4n) is 2.62. The maximum absolute atomic E-state index is 10.2. The average Bonchev–Trinajstić information content (AvgIpc) is 3.07. The summed E-state index contributed by atoms with van der Waals surface area (Å²) in [6, 6.07) is 9.82. The molecule has 2 N–H and O–H groups in total. The SMILES string of the molecule is COCCc1ccc(OC(c2[nH]ccc2C(C)OC)C(C)O)cc1. The van der Waals surface area contributed by atoms with Crippen molar-refractivity contribution in [1.29, 1.82) is 0 Å². The molecule has 5 heteroatoms. The molecule has 1 aromatic carbocycles. The molecule has 0 saturated heterocycles. The van der Waals surface area contributed by atoms with Gasteiger partial charge in [-0.05, 0) is 44.0 Å². The Morgan fingerprint density at radius 1 is 1.08 bits per heavy atom. The Kier molecular flexibility index (Phi) is 6.85. The molecule has 0 radical (unpaired) electrons. The van der Waals surface area contributed by atoms with Crippen LogP contribution in [0.1, 0.15) is 42.9 Å². The number of aliphatic hydroxyl groups excluding tert-OH is 1. The van der Waals surface area contributed by atoms with E-state index in [-0.39, 0.29) is 6.10 Å². The Labute approximate surface area is 143 Å². The number of benzene rings is 1. The highest BCUT2D eigenvalue weighted by molar-refractivity contribution is 5.30. The highest BCUT2D eigenvalue weighted by Crippen LogP contribution is 2.30. The van der Waals surface area contributed by atoms with Crippen LogP contribution in [0.5, 0.6) is 5.75 Å². The van der Waals surface area contributed by atoms with Gasteiger partial charge in [0.15, 0.2) is 6.10 Å². The van der Waals surface area contributed by atoms with Gasteiger partial charge in [0.1, 0.15) is 5.75 Å². The van der Waals surface area contributed by atoms with E-state index in [4.69, 9.17) is 14.2 Å². The maximum Gasteiger partial charge on any atom is 0.164 e. The summed E-state index contributed by atoms with van der Waals surface area (Å²) in [5, 5.41) is 10.2. The van der Waals surface area contributed by atoms with Crippen LogP contribution < -0.4 is 4.74 Å². The molecule has 2 rings (SSSR count). The van der Waals surface area contributed by atoms with Crippen molar-refractivity contribution in [3.8, 4) is 5.75 Å². The normalized spacial score (nSPS) is 15.0. The molecule has 0 amide bonds. The number of aromatic amines is 1. The number of hydrogen-bond donors (Lipinski definition) is 2. The van der Waals surface area contributed by atoms with Crippen LogP contribution >= 0.6 is 0 Å². The molecular formula is C19H27NO4. The second-order valence-corrected chi connectivity index (χ2v) is 5.89. The molecule has 0 saturated carbocycles. The average molecular weight is 333 g/mol. The molecular weight excluding hydrogens is 306 g/mol. The zero-order valence-electron chi connectivity index (χ0n) is 14.8. The molecule has 3 atom stereocenters. The number of hydrogen-bond acceptors (Lipinski definition) is 4. The summed E-state index contributed by atoms with van der Waals surface area (Å²) in [7, 11) is 3.36. The molecule has 0 aliphatic rings. The zero-order valence-corrected chi connectivity index (χ0v) is 14.8. The van der Waals surface area contributed by atoms with Crippen molar-refractivity contribution in [3.63, 3.8) is 0 Å². The van der Waals surface area contributed by atoms with Crippen molar-refractivity contribution < 1.29 is 19.3 Å². The topological polar surface area (TPSA) is 63.7 Å². The first-order valence-corrected chi connectivity index (χ1v) is 8.19. The van der Waals surface area contributed by atoms with Gasteiger partial charge in [-0.25, -0.2) is 0 Å². The van der Waals surface area contributed by atoms with E-state index in [1.54, 1.807) is 21.1 Å². The van der Waals surface area contributed by atoms with E-state index < -0.39 is 12.2 Å². The second-order valence-electron chi connectivity index (χ2n) is 5.89. The number of nitrogens with one attached hydrogen (secondary N) is 1. The molecule has 1 aromatic heterocycles. The largest absolute Gasteiger partial charge is 0.481 e. The van der Waals surface area contributed by atoms with E-state index in [2.05, 4.69) is 4.98 Å². The van der Waals surface area contributed by atoms with Crippen LogP contribution in [0.3, 0.4) is 0 Å². The highest BCUT2D eigenvalue weighted by Gasteiger charge is 2.25. The molecule has 24 heavy (non-hydrogen) atoms. The van der Waals surface area contributed by atoms with Gasteiger partial charge in [0, 0.05) is 26.0 Å². The van der Waals surface area contributed by atoms with Gasteiger partial charge in [-0.1, -0.05) is 12.1 Å². The van der Waals surface area contributed by atoms with Crippen LogP contribution in [0.15, 0.2) is 36.5 Å². The predicted octanol–water partition coefficient (Wildman–Crippen LogP) is 3.41. The van der Waals surface area contributed by atoms with Gasteiger partial charge < -0.3 is 24.3 Å². The van der Waals surface area contributed by atoms with E-state index in [1.165, 1.54) is 5.56 Å². The number of aromatic nitrogens is 1. The number of rotatable bonds is 9. The van der Waals surface area contributed by atoms with Crippen LogP contribution in [0, 0.1) is 0 Å². The van der Waals surface area contributed by atoms with Crippen molar-refractivity contribution in [2.75, 3.05) is 20.8 Å². The fourth-order valence-corrected chi connectivity index (χ4v) is 2.62. The molecule has 0 aliphatic heterocycles. The first-order valence-electron chi connectivity index (χ1n) is 8.19. The molecule has 2 aromatic rings. The Morgan fingerprint density at radius 2 is 1.79 bits per heavy atom. The number of ether oxygens (including phenoxy) is 3. The monoisotopic (exact) mass is 333 g/mol. The van der Waals surface area contributed by atoms with Crippen LogP contribution in [0.4, 0.5) is 0 Å². The predicted molar refractivity (Wildman–Crippen MR) is 93.3 cm³/mol. The molecule has 132 valence electrons. The Balaban J connectivity index is 2.16. The first kappa shape index (κ1) is 18.5. The Bertz CT molecular complexity index is 606. The summed E-state index contributed by atoms with van der Waals surface area (Å²) in [6.45, 7) is 4.38. The van der Waals surface area contributed by atoms with Gasteiger partial charge in [0.2, 0.25) is 0 Å². The van der Waals surface area contributed by atoms with E-state index in [9.17, 15) is 5.11 Å². The van der Waals surface area contributed by atoms with Gasteiger partial charge in [-0.15, -0.1) is 0 Å². The quantitative estimate of drug-likeness (QED) is 0.738. The first-order chi connectivity index (χ1) is 11.6. The van der Waals surface area contributed by atoms with Crippen LogP contribution in [-0.2, 0) is 15.9 Å².